The zero-order chi connectivity index (χ0) is 9.26. The Morgan fingerprint density at radius 2 is 1.92 bits per heavy atom. The lowest BCUT2D eigenvalue weighted by Crippen LogP contribution is -2.49. The van der Waals surface area contributed by atoms with Gasteiger partial charge >= 0.3 is 0 Å². The first-order valence-electron chi connectivity index (χ1n) is 4.35. The van der Waals surface area contributed by atoms with Crippen molar-refractivity contribution in [2.45, 2.75) is 12.5 Å². The second-order valence-corrected chi connectivity index (χ2v) is 3.29. The summed E-state index contributed by atoms with van der Waals surface area (Å²) in [5.74, 6) is -0.512. The van der Waals surface area contributed by atoms with Crippen molar-refractivity contribution in [2.24, 2.45) is 5.92 Å². The molecule has 13 heavy (non-hydrogen) atoms. The molecule has 1 aromatic rings. The molecule has 0 spiro atoms. The second kappa shape index (κ2) is 3.42. The lowest BCUT2D eigenvalue weighted by atomic mass is 9.86. The summed E-state index contributed by atoms with van der Waals surface area (Å²) in [5.41, 5.74) is 0.957. The Hall–Kier alpha value is -0.960. The predicted octanol–water partition coefficient (Wildman–Crippen LogP) is 2.21. The van der Waals surface area contributed by atoms with E-state index in [1.165, 1.54) is 0 Å². The monoisotopic (exact) mass is 183 g/mol. The molecule has 1 N–H and O–H groups in total. The fourth-order valence-corrected chi connectivity index (χ4v) is 1.63. The molecule has 0 aliphatic carbocycles. The fourth-order valence-electron chi connectivity index (χ4n) is 1.63. The van der Waals surface area contributed by atoms with Crippen LogP contribution < -0.4 is 5.32 Å². The van der Waals surface area contributed by atoms with Gasteiger partial charge < -0.3 is 5.32 Å². The Balaban J connectivity index is 2.11. The number of benzene rings is 1. The Labute approximate surface area is 75.8 Å². The largest absolute Gasteiger partial charge is 0.309 e. The smallest absolute Gasteiger partial charge is 0.244 e. The van der Waals surface area contributed by atoms with Crippen LogP contribution >= 0.6 is 0 Å². The molecule has 0 bridgehead atoms. The molecule has 0 amide bonds. The minimum Gasteiger partial charge on any atom is -0.309 e. The van der Waals surface area contributed by atoms with E-state index in [4.69, 9.17) is 0 Å². The first-order valence-corrected chi connectivity index (χ1v) is 4.35. The molecule has 2 rings (SSSR count). The predicted molar refractivity (Wildman–Crippen MR) is 46.7 cm³/mol. The van der Waals surface area contributed by atoms with Crippen molar-refractivity contribution >= 4 is 0 Å². The number of rotatable bonds is 2. The van der Waals surface area contributed by atoms with Crippen LogP contribution in [0.3, 0.4) is 0 Å². The molecule has 2 atom stereocenters. The van der Waals surface area contributed by atoms with Crippen molar-refractivity contribution in [3.63, 3.8) is 0 Å². The molecule has 0 saturated carbocycles. The van der Waals surface area contributed by atoms with E-state index in [0.717, 1.165) is 5.56 Å². The average Bonchev–Trinajstić information content (AvgIpc) is 2.02. The summed E-state index contributed by atoms with van der Waals surface area (Å²) in [5, 5.41) is 3.01. The molecule has 3 heteroatoms. The fraction of sp³-hybridized carbons (Fsp3) is 0.400. The Morgan fingerprint density at radius 1 is 1.23 bits per heavy atom. The van der Waals surface area contributed by atoms with Gasteiger partial charge in [-0.2, -0.15) is 0 Å². The van der Waals surface area contributed by atoms with Crippen molar-refractivity contribution in [3.8, 4) is 0 Å². The third-order valence-corrected chi connectivity index (χ3v) is 2.48. The van der Waals surface area contributed by atoms with E-state index in [1.807, 2.05) is 30.3 Å². The van der Waals surface area contributed by atoms with Crippen LogP contribution in [0.1, 0.15) is 11.6 Å². The second-order valence-electron chi connectivity index (χ2n) is 3.29. The molecule has 1 nitrogen and oxygen atoms in total. The highest BCUT2D eigenvalue weighted by Gasteiger charge is 2.37. The maximum Gasteiger partial charge on any atom is 0.244 e. The van der Waals surface area contributed by atoms with Gasteiger partial charge in [-0.25, -0.2) is 8.78 Å². The maximum atomic E-state index is 12.4. The summed E-state index contributed by atoms with van der Waals surface area (Å²) in [7, 11) is 0. The summed E-state index contributed by atoms with van der Waals surface area (Å²) < 4.78 is 24.8. The zero-order valence-electron chi connectivity index (χ0n) is 7.08. The van der Waals surface area contributed by atoms with Crippen LogP contribution in [0, 0.1) is 5.92 Å². The number of hydrogen-bond donors (Lipinski definition) is 1. The summed E-state index contributed by atoms with van der Waals surface area (Å²) >= 11 is 0. The van der Waals surface area contributed by atoms with Gasteiger partial charge in [-0.3, -0.25) is 0 Å². The van der Waals surface area contributed by atoms with Gasteiger partial charge in [0, 0.05) is 12.6 Å². The number of hydrogen-bond acceptors (Lipinski definition) is 1. The van der Waals surface area contributed by atoms with E-state index < -0.39 is 12.3 Å². The molecule has 1 saturated heterocycles. The third kappa shape index (κ3) is 1.56. The van der Waals surface area contributed by atoms with Gasteiger partial charge in [0.1, 0.15) is 0 Å². The van der Waals surface area contributed by atoms with Gasteiger partial charge in [0.25, 0.3) is 0 Å². The van der Waals surface area contributed by atoms with E-state index >= 15 is 0 Å². The Bertz CT molecular complexity index is 274. The van der Waals surface area contributed by atoms with Gasteiger partial charge in [0.05, 0.1) is 5.92 Å². The standard InChI is InChI=1S/C10H11F2N/c11-10(12)8-6-13-9(8)7-4-2-1-3-5-7/h1-5,8-10,13H,6H2. The molecule has 0 radical (unpaired) electrons. The molecule has 1 fully saturated rings. The molecule has 1 aliphatic rings. The van der Waals surface area contributed by atoms with Gasteiger partial charge in [-0.1, -0.05) is 30.3 Å². The van der Waals surface area contributed by atoms with E-state index in [1.54, 1.807) is 0 Å². The highest BCUT2D eigenvalue weighted by molar-refractivity contribution is 5.22. The number of halogens is 2. The van der Waals surface area contributed by atoms with Crippen molar-refractivity contribution in [1.82, 2.24) is 5.32 Å². The molecule has 70 valence electrons. The number of nitrogens with one attached hydrogen (secondary N) is 1. The first-order chi connectivity index (χ1) is 6.29. The lowest BCUT2D eigenvalue weighted by Gasteiger charge is -2.37. The summed E-state index contributed by atoms with van der Waals surface area (Å²) in [4.78, 5) is 0. The average molecular weight is 183 g/mol. The Morgan fingerprint density at radius 3 is 2.38 bits per heavy atom. The van der Waals surface area contributed by atoms with Crippen LogP contribution in [0.15, 0.2) is 30.3 Å². The summed E-state index contributed by atoms with van der Waals surface area (Å²) in [6.07, 6.45) is -2.22. The molecule has 1 aliphatic heterocycles. The molecule has 0 aromatic heterocycles. The van der Waals surface area contributed by atoms with Crippen LogP contribution in [-0.2, 0) is 0 Å². The topological polar surface area (TPSA) is 12.0 Å². The normalized spacial score (nSPS) is 27.3. The minimum absolute atomic E-state index is 0.152. The van der Waals surface area contributed by atoms with Crippen LogP contribution in [-0.4, -0.2) is 13.0 Å². The Kier molecular flexibility index (Phi) is 2.27. The zero-order valence-corrected chi connectivity index (χ0v) is 7.08. The van der Waals surface area contributed by atoms with Crippen LogP contribution in [0.5, 0.6) is 0 Å². The summed E-state index contributed by atoms with van der Waals surface area (Å²) in [6.45, 7) is 0.428. The van der Waals surface area contributed by atoms with Crippen LogP contribution in [0.25, 0.3) is 0 Å². The van der Waals surface area contributed by atoms with Gasteiger partial charge in [0.15, 0.2) is 0 Å². The molecule has 2 unspecified atom stereocenters. The molecular weight excluding hydrogens is 172 g/mol. The maximum absolute atomic E-state index is 12.4. The highest BCUT2D eigenvalue weighted by Crippen LogP contribution is 2.33. The molecule has 1 heterocycles. The van der Waals surface area contributed by atoms with Crippen molar-refractivity contribution < 1.29 is 8.78 Å². The van der Waals surface area contributed by atoms with Crippen LogP contribution in [0.4, 0.5) is 8.78 Å². The van der Waals surface area contributed by atoms with Crippen LogP contribution in [0.2, 0.25) is 0 Å². The third-order valence-electron chi connectivity index (χ3n) is 2.48. The first kappa shape index (κ1) is 8.63. The van der Waals surface area contributed by atoms with Crippen molar-refractivity contribution in [1.29, 1.82) is 0 Å². The van der Waals surface area contributed by atoms with E-state index in [-0.39, 0.29) is 6.04 Å². The van der Waals surface area contributed by atoms with E-state index in [0.29, 0.717) is 6.54 Å². The lowest BCUT2D eigenvalue weighted by molar-refractivity contribution is 0.0144. The minimum atomic E-state index is -2.22. The molecule has 1 aromatic carbocycles. The van der Waals surface area contributed by atoms with Gasteiger partial charge in [0.2, 0.25) is 6.43 Å². The SMILES string of the molecule is FC(F)C1CNC1c1ccccc1. The van der Waals surface area contributed by atoms with Crippen molar-refractivity contribution in [3.05, 3.63) is 35.9 Å². The van der Waals surface area contributed by atoms with Crippen molar-refractivity contribution in [2.75, 3.05) is 6.54 Å². The van der Waals surface area contributed by atoms with E-state index in [2.05, 4.69) is 5.32 Å². The van der Waals surface area contributed by atoms with Gasteiger partial charge in [-0.15, -0.1) is 0 Å². The molecular formula is C10H11F2N. The summed E-state index contributed by atoms with van der Waals surface area (Å²) in [6, 6.07) is 9.24. The number of alkyl halides is 2. The van der Waals surface area contributed by atoms with Gasteiger partial charge in [-0.05, 0) is 5.56 Å². The van der Waals surface area contributed by atoms with E-state index in [9.17, 15) is 8.78 Å². The highest BCUT2D eigenvalue weighted by atomic mass is 19.3. The quantitative estimate of drug-likeness (QED) is 0.741.